The molecule has 1 saturated heterocycles. The average Bonchev–Trinajstić information content (AvgIpc) is 3.35. The Labute approximate surface area is 273 Å². The number of hydrogen-bond acceptors (Lipinski definition) is 12. The molecule has 0 radical (unpaired) electrons. The van der Waals surface area contributed by atoms with Crippen molar-refractivity contribution in [2.24, 2.45) is 0 Å². The third-order valence-electron chi connectivity index (χ3n) is 5.38. The van der Waals surface area contributed by atoms with E-state index in [1.54, 1.807) is 30.3 Å². The van der Waals surface area contributed by atoms with Crippen LogP contribution in [0, 0.1) is 0 Å². The number of ether oxygens (including phenoxy) is 2. The maximum atomic E-state index is 13.5. The molecule has 2 heterocycles. The van der Waals surface area contributed by atoms with Gasteiger partial charge in [0.15, 0.2) is 16.6 Å². The summed E-state index contributed by atoms with van der Waals surface area (Å²) >= 11 is 18.6. The van der Waals surface area contributed by atoms with E-state index in [1.807, 2.05) is 24.3 Å². The Morgan fingerprint density at radius 1 is 1.12 bits per heavy atom. The molecule has 230 valence electrons. The molecule has 0 saturated carbocycles. The number of aromatic nitrogens is 1. The van der Waals surface area contributed by atoms with Crippen molar-refractivity contribution in [3.63, 3.8) is 0 Å². The lowest BCUT2D eigenvalue weighted by atomic mass is 10.1. The minimum atomic E-state index is -4.12. The molecule has 18 heteroatoms. The lowest BCUT2D eigenvalue weighted by Crippen LogP contribution is -2.69. The van der Waals surface area contributed by atoms with Gasteiger partial charge < -0.3 is 19.0 Å². The average molecular weight is 727 g/mol. The number of fused-ring (bicyclic) bond motifs is 1. The first kappa shape index (κ1) is 33.5. The number of benzene rings is 2. The topological polar surface area (TPSA) is 141 Å². The molecule has 2 amide bonds. The third-order valence-corrected chi connectivity index (χ3v) is 10.3. The van der Waals surface area contributed by atoms with Gasteiger partial charge in [-0.25, -0.2) is 9.78 Å². The van der Waals surface area contributed by atoms with Crippen LogP contribution in [0.1, 0.15) is 6.92 Å². The number of para-hydroxylation sites is 2. The van der Waals surface area contributed by atoms with Crippen LogP contribution in [0.15, 0.2) is 70.4 Å². The van der Waals surface area contributed by atoms with E-state index in [1.165, 1.54) is 29.1 Å². The van der Waals surface area contributed by atoms with Gasteiger partial charge in [0.1, 0.15) is 29.5 Å². The monoisotopic (exact) mass is 725 g/mol. The van der Waals surface area contributed by atoms with E-state index in [4.69, 9.17) is 48.5 Å². The molecule has 3 aromatic rings. The van der Waals surface area contributed by atoms with E-state index in [9.17, 15) is 22.8 Å². The zero-order valence-electron chi connectivity index (χ0n) is 22.2. The highest BCUT2D eigenvalue weighted by molar-refractivity contribution is 8.77. The van der Waals surface area contributed by atoms with Crippen molar-refractivity contribution >= 4 is 106 Å². The van der Waals surface area contributed by atoms with Gasteiger partial charge in [-0.05, 0) is 42.0 Å². The second kappa shape index (κ2) is 14.1. The fourth-order valence-electron chi connectivity index (χ4n) is 3.69. The molecule has 0 spiro atoms. The number of nitrogens with zero attached hydrogens (tertiary/aromatic N) is 2. The fourth-order valence-corrected chi connectivity index (χ4v) is 8.30. The van der Waals surface area contributed by atoms with Crippen LogP contribution in [0.4, 0.5) is 0 Å². The van der Waals surface area contributed by atoms with Crippen LogP contribution >= 0.6 is 67.7 Å². The van der Waals surface area contributed by atoms with Crippen LogP contribution in [0.3, 0.4) is 0 Å². The molecular formula is C25H22Cl3N3O8S4. The number of hydrogen-bond donors (Lipinski definition) is 1. The number of allylic oxidation sites excluding steroid dienone is 1. The van der Waals surface area contributed by atoms with Gasteiger partial charge in [-0.1, -0.05) is 75.9 Å². The number of rotatable bonds is 12. The lowest BCUT2D eigenvalue weighted by molar-refractivity contribution is -0.153. The van der Waals surface area contributed by atoms with Crippen molar-refractivity contribution in [3.05, 3.63) is 66.1 Å². The highest BCUT2D eigenvalue weighted by Gasteiger charge is 2.53. The second-order valence-electron chi connectivity index (χ2n) is 8.76. The number of esters is 1. The predicted octanol–water partition coefficient (Wildman–Crippen LogP) is 4.89. The van der Waals surface area contributed by atoms with Gasteiger partial charge in [-0.2, -0.15) is 8.42 Å². The van der Waals surface area contributed by atoms with Gasteiger partial charge in [-0.15, -0.1) is 11.3 Å². The molecule has 11 nitrogen and oxygen atoms in total. The quantitative estimate of drug-likeness (QED) is 0.0519. The highest BCUT2D eigenvalue weighted by atomic mass is 35.6. The van der Waals surface area contributed by atoms with E-state index in [0.29, 0.717) is 10.1 Å². The molecule has 2 unspecified atom stereocenters. The zero-order valence-corrected chi connectivity index (χ0v) is 27.7. The Hall–Kier alpha value is -2.40. The molecule has 2 aromatic carbocycles. The fraction of sp³-hybridized carbons (Fsp3) is 0.280. The zero-order chi connectivity index (χ0) is 31.4. The van der Waals surface area contributed by atoms with Crippen molar-refractivity contribution in [1.29, 1.82) is 0 Å². The predicted molar refractivity (Wildman–Crippen MR) is 167 cm³/mol. The minimum Gasteiger partial charge on any atom is -0.484 e. The van der Waals surface area contributed by atoms with E-state index in [0.717, 1.165) is 32.2 Å². The summed E-state index contributed by atoms with van der Waals surface area (Å²) in [5.41, 5.74) is 0.228. The van der Waals surface area contributed by atoms with Gasteiger partial charge in [0.05, 0.1) is 16.5 Å². The molecular weight excluding hydrogens is 705 g/mol. The van der Waals surface area contributed by atoms with E-state index < -0.39 is 61.2 Å². The molecule has 0 bridgehead atoms. The van der Waals surface area contributed by atoms with Gasteiger partial charge >= 0.3 is 16.1 Å². The van der Waals surface area contributed by atoms with Crippen LogP contribution in [-0.2, 0) is 33.4 Å². The Morgan fingerprint density at radius 3 is 2.44 bits per heavy atom. The number of carbonyl (C=O) groups excluding carboxylic acids is 3. The normalized spacial score (nSPS) is 17.6. The van der Waals surface area contributed by atoms with Gasteiger partial charge in [0.2, 0.25) is 3.79 Å². The van der Waals surface area contributed by atoms with Crippen molar-refractivity contribution < 1.29 is 36.5 Å². The number of carbonyl (C=O) groups is 3. The first-order chi connectivity index (χ1) is 20.2. The first-order valence-electron chi connectivity index (χ1n) is 12.1. The Morgan fingerprint density at radius 2 is 1.79 bits per heavy atom. The lowest BCUT2D eigenvalue weighted by Gasteiger charge is -2.46. The smallest absolute Gasteiger partial charge is 0.358 e. The summed E-state index contributed by atoms with van der Waals surface area (Å²) in [5.74, 6) is -2.54. The molecule has 1 aliphatic rings. The number of amides is 2. The molecule has 1 aromatic heterocycles. The molecule has 4 rings (SSSR count). The summed E-state index contributed by atoms with van der Waals surface area (Å²) in [7, 11) is -1.82. The molecule has 1 aliphatic heterocycles. The maximum Gasteiger partial charge on any atom is 0.358 e. The van der Waals surface area contributed by atoms with E-state index in [2.05, 4.69) is 10.3 Å². The number of alkyl halides is 3. The molecule has 43 heavy (non-hydrogen) atoms. The summed E-state index contributed by atoms with van der Waals surface area (Å²) < 4.78 is 38.9. The standard InChI is InChI=1S/C25H22Cl3N3O8S4/c1-14(39-43(2,35)36)20(23(34)38-13-25(26,27)28)31-21(33)19(30-18(32)12-37-15-8-4-3-5-9-15)22(31)41-42-24-29-16-10-6-7-11-17(16)40-24/h3-11,19,22H,12-13H2,1-2H3,(H,30,32). The first-order valence-corrected chi connectivity index (χ1v) is 18.0. The van der Waals surface area contributed by atoms with Crippen LogP contribution in [0.5, 0.6) is 5.75 Å². The summed E-state index contributed by atoms with van der Waals surface area (Å²) in [4.78, 5) is 44.9. The number of likely N-dealkylation sites (tertiary alicyclic amines) is 1. The Balaban J connectivity index is 1.60. The van der Waals surface area contributed by atoms with Crippen LogP contribution in [0.2, 0.25) is 0 Å². The van der Waals surface area contributed by atoms with Crippen LogP contribution < -0.4 is 10.1 Å². The summed E-state index contributed by atoms with van der Waals surface area (Å²) in [5, 5.41) is 1.67. The van der Waals surface area contributed by atoms with Crippen LogP contribution in [0.25, 0.3) is 10.2 Å². The van der Waals surface area contributed by atoms with E-state index >= 15 is 0 Å². The van der Waals surface area contributed by atoms with Crippen molar-refractivity contribution in [2.45, 2.75) is 26.5 Å². The molecule has 2 atom stereocenters. The second-order valence-corrected chi connectivity index (χ2v) is 16.4. The Kier molecular flexibility index (Phi) is 11.0. The van der Waals surface area contributed by atoms with Crippen LogP contribution in [-0.4, -0.2) is 70.8 Å². The number of nitrogens with one attached hydrogen (secondary N) is 1. The Bertz CT molecular complexity index is 1610. The SMILES string of the molecule is CC(OS(C)(=O)=O)=C(C(=O)OCC(Cl)(Cl)Cl)N1C(=O)C(NC(=O)COc2ccccc2)C1SSc1nc2ccccc2s1. The molecule has 0 aliphatic carbocycles. The minimum absolute atomic E-state index is 0.388. The van der Waals surface area contributed by atoms with Crippen molar-refractivity contribution in [1.82, 2.24) is 15.2 Å². The number of halogens is 3. The van der Waals surface area contributed by atoms with E-state index in [-0.39, 0.29) is 6.61 Å². The highest BCUT2D eigenvalue weighted by Crippen LogP contribution is 2.46. The molecule has 1 N–H and O–H groups in total. The third kappa shape index (κ3) is 9.30. The number of thiazole rings is 1. The van der Waals surface area contributed by atoms with Gasteiger partial charge in [0, 0.05) is 0 Å². The van der Waals surface area contributed by atoms with Crippen molar-refractivity contribution in [3.8, 4) is 5.75 Å². The van der Waals surface area contributed by atoms with Crippen molar-refractivity contribution in [2.75, 3.05) is 19.5 Å². The maximum absolute atomic E-state index is 13.5. The largest absolute Gasteiger partial charge is 0.484 e. The summed E-state index contributed by atoms with van der Waals surface area (Å²) in [6, 6.07) is 15.0. The number of β-lactam (4-membered cyclic amide) rings is 1. The molecule has 1 fully saturated rings. The summed E-state index contributed by atoms with van der Waals surface area (Å²) in [6.07, 6.45) is 0.768. The van der Waals surface area contributed by atoms with Gasteiger partial charge in [-0.3, -0.25) is 14.5 Å². The summed E-state index contributed by atoms with van der Waals surface area (Å²) in [6.45, 7) is 0.0755. The van der Waals surface area contributed by atoms with Gasteiger partial charge in [0.25, 0.3) is 11.8 Å².